The second-order valence-electron chi connectivity index (χ2n) is 4.02. The van der Waals surface area contributed by atoms with Crippen molar-refractivity contribution in [3.63, 3.8) is 0 Å². The van der Waals surface area contributed by atoms with Crippen LogP contribution in [-0.4, -0.2) is 14.2 Å². The summed E-state index contributed by atoms with van der Waals surface area (Å²) in [7, 11) is 3.44. The Hall–Kier alpha value is -1.18. The van der Waals surface area contributed by atoms with Crippen molar-refractivity contribution >= 4 is 0 Å². The van der Waals surface area contributed by atoms with E-state index in [2.05, 4.69) is 27.7 Å². The van der Waals surface area contributed by atoms with Crippen LogP contribution in [0.1, 0.15) is 28.7 Å². The fraction of sp³-hybridized carbons (Fsp3) is 0.500. The Morgan fingerprint density at radius 2 is 1.38 bits per heavy atom. The monoisotopic (exact) mass is 221 g/mol. The lowest BCUT2D eigenvalue weighted by Gasteiger charge is -2.20. The average Bonchev–Trinajstić information content (AvgIpc) is 2.27. The van der Waals surface area contributed by atoms with Gasteiger partial charge in [0.1, 0.15) is 11.5 Å². The maximum Gasteiger partial charge on any atom is 0.125 e. The Balaban J connectivity index is 3.50. The van der Waals surface area contributed by atoms with Crippen molar-refractivity contribution in [3.8, 4) is 11.5 Å². The highest BCUT2D eigenvalue weighted by atomic mass is 16.5. The van der Waals surface area contributed by atoms with Gasteiger partial charge in [-0.1, -0.05) is 6.92 Å². The van der Waals surface area contributed by atoms with Crippen molar-refractivity contribution in [3.05, 3.63) is 29.2 Å². The van der Waals surface area contributed by atoms with E-state index in [1.54, 1.807) is 14.2 Å². The zero-order chi connectivity index (χ0) is 12.3. The minimum atomic E-state index is 0.864. The second-order valence-corrected chi connectivity index (χ2v) is 4.02. The second kappa shape index (κ2) is 5.24. The van der Waals surface area contributed by atoms with Crippen LogP contribution in [0.25, 0.3) is 0 Å². The summed E-state index contributed by atoms with van der Waals surface area (Å²) in [5, 5.41) is 0. The van der Waals surface area contributed by atoms with E-state index in [0.717, 1.165) is 35.5 Å². The van der Waals surface area contributed by atoms with Gasteiger partial charge in [-0.15, -0.1) is 0 Å². The van der Waals surface area contributed by atoms with Crippen LogP contribution >= 0.6 is 0 Å². The average molecular weight is 221 g/mol. The van der Waals surface area contributed by atoms with Gasteiger partial charge in [0, 0.05) is 5.56 Å². The molecule has 0 aromatic heterocycles. The standard InChI is InChI=1S/C14H21O2/c1-7-8-12-11(4)13(15-5)9(2)10(3)14(12)16-6/h1,7-8H2,2-6H3. The van der Waals surface area contributed by atoms with Gasteiger partial charge in [0.05, 0.1) is 14.2 Å². The van der Waals surface area contributed by atoms with Crippen LogP contribution in [0.15, 0.2) is 0 Å². The molecule has 0 aliphatic heterocycles. The van der Waals surface area contributed by atoms with Gasteiger partial charge in [0.2, 0.25) is 0 Å². The summed E-state index contributed by atoms with van der Waals surface area (Å²) in [6.07, 6.45) is 1.79. The molecule has 0 fully saturated rings. The van der Waals surface area contributed by atoms with Crippen molar-refractivity contribution in [1.82, 2.24) is 0 Å². The summed E-state index contributed by atoms with van der Waals surface area (Å²) >= 11 is 0. The van der Waals surface area contributed by atoms with Crippen molar-refractivity contribution in [1.29, 1.82) is 0 Å². The zero-order valence-electron chi connectivity index (χ0n) is 10.9. The third kappa shape index (κ3) is 2.01. The molecule has 0 saturated carbocycles. The summed E-state index contributed by atoms with van der Waals surface area (Å²) in [4.78, 5) is 0. The molecule has 1 aromatic carbocycles. The highest BCUT2D eigenvalue weighted by Crippen LogP contribution is 2.37. The van der Waals surface area contributed by atoms with E-state index >= 15 is 0 Å². The molecule has 0 heterocycles. The molecular weight excluding hydrogens is 200 g/mol. The minimum Gasteiger partial charge on any atom is -0.496 e. The number of rotatable bonds is 4. The maximum absolute atomic E-state index is 5.51. The lowest BCUT2D eigenvalue weighted by atomic mass is 9.95. The maximum atomic E-state index is 5.51. The molecule has 0 unspecified atom stereocenters. The van der Waals surface area contributed by atoms with Crippen LogP contribution < -0.4 is 9.47 Å². The predicted octanol–water partition coefficient (Wildman–Crippen LogP) is 3.40. The first-order valence-corrected chi connectivity index (χ1v) is 5.58. The van der Waals surface area contributed by atoms with Crippen molar-refractivity contribution in [2.75, 3.05) is 14.2 Å². The number of hydrogen-bond acceptors (Lipinski definition) is 2. The molecule has 0 amide bonds. The van der Waals surface area contributed by atoms with Crippen LogP contribution in [0.3, 0.4) is 0 Å². The highest BCUT2D eigenvalue weighted by Gasteiger charge is 2.17. The molecule has 2 nitrogen and oxygen atoms in total. The smallest absolute Gasteiger partial charge is 0.125 e. The third-order valence-corrected chi connectivity index (χ3v) is 3.15. The summed E-state index contributed by atoms with van der Waals surface area (Å²) in [6.45, 7) is 10.1. The van der Waals surface area contributed by atoms with Gasteiger partial charge in [-0.3, -0.25) is 0 Å². The van der Waals surface area contributed by atoms with E-state index in [9.17, 15) is 0 Å². The molecule has 0 spiro atoms. The van der Waals surface area contributed by atoms with Gasteiger partial charge in [-0.25, -0.2) is 0 Å². The summed E-state index contributed by atoms with van der Waals surface area (Å²) < 4.78 is 11.0. The quantitative estimate of drug-likeness (QED) is 0.776. The van der Waals surface area contributed by atoms with Crippen molar-refractivity contribution in [2.45, 2.75) is 33.6 Å². The minimum absolute atomic E-state index is 0.864. The summed E-state index contributed by atoms with van der Waals surface area (Å²) in [5.41, 5.74) is 4.71. The van der Waals surface area contributed by atoms with Gasteiger partial charge in [-0.05, 0) is 50.3 Å². The van der Waals surface area contributed by atoms with Crippen LogP contribution in [0.5, 0.6) is 11.5 Å². The molecule has 0 aliphatic carbocycles. The van der Waals surface area contributed by atoms with Crippen molar-refractivity contribution < 1.29 is 9.47 Å². The van der Waals surface area contributed by atoms with Gasteiger partial charge in [0.15, 0.2) is 0 Å². The SMILES string of the molecule is [CH2]CCc1c(C)c(OC)c(C)c(C)c1OC. The van der Waals surface area contributed by atoms with Gasteiger partial charge >= 0.3 is 0 Å². The van der Waals surface area contributed by atoms with E-state index in [0.29, 0.717) is 0 Å². The van der Waals surface area contributed by atoms with Crippen LogP contribution in [0.4, 0.5) is 0 Å². The Labute approximate surface area is 98.6 Å². The van der Waals surface area contributed by atoms with E-state index in [1.807, 2.05) is 0 Å². The fourth-order valence-electron chi connectivity index (χ4n) is 2.22. The van der Waals surface area contributed by atoms with Crippen molar-refractivity contribution in [2.24, 2.45) is 0 Å². The Morgan fingerprint density at radius 1 is 0.875 bits per heavy atom. The summed E-state index contributed by atoms with van der Waals surface area (Å²) in [6, 6.07) is 0. The van der Waals surface area contributed by atoms with E-state index in [1.165, 1.54) is 11.1 Å². The van der Waals surface area contributed by atoms with Crippen LogP contribution in [-0.2, 0) is 6.42 Å². The molecular formula is C14H21O2. The number of ether oxygens (including phenoxy) is 2. The molecule has 2 heteroatoms. The zero-order valence-corrected chi connectivity index (χ0v) is 10.9. The Kier molecular flexibility index (Phi) is 4.22. The first-order valence-electron chi connectivity index (χ1n) is 5.58. The Bertz CT molecular complexity index is 381. The predicted molar refractivity (Wildman–Crippen MR) is 67.4 cm³/mol. The highest BCUT2D eigenvalue weighted by molar-refractivity contribution is 5.58. The molecule has 0 saturated heterocycles. The largest absolute Gasteiger partial charge is 0.496 e. The van der Waals surface area contributed by atoms with Gasteiger partial charge in [0.25, 0.3) is 0 Å². The number of methoxy groups -OCH3 is 2. The molecule has 89 valence electrons. The topological polar surface area (TPSA) is 18.5 Å². The fourth-order valence-corrected chi connectivity index (χ4v) is 2.22. The number of benzene rings is 1. The Morgan fingerprint density at radius 3 is 1.81 bits per heavy atom. The first kappa shape index (κ1) is 12.9. The third-order valence-electron chi connectivity index (χ3n) is 3.15. The van der Waals surface area contributed by atoms with Gasteiger partial charge < -0.3 is 9.47 Å². The molecule has 16 heavy (non-hydrogen) atoms. The summed E-state index contributed by atoms with van der Waals surface area (Å²) in [5.74, 6) is 1.96. The first-order chi connectivity index (χ1) is 7.58. The molecule has 0 bridgehead atoms. The molecule has 1 radical (unpaired) electrons. The van der Waals surface area contributed by atoms with Gasteiger partial charge in [-0.2, -0.15) is 0 Å². The molecule has 0 N–H and O–H groups in total. The van der Waals surface area contributed by atoms with E-state index < -0.39 is 0 Å². The molecule has 0 atom stereocenters. The normalized spacial score (nSPS) is 10.4. The van der Waals surface area contributed by atoms with Crippen LogP contribution in [0, 0.1) is 27.7 Å². The molecule has 1 aromatic rings. The lowest BCUT2D eigenvalue weighted by molar-refractivity contribution is 0.390. The van der Waals surface area contributed by atoms with Crippen LogP contribution in [0.2, 0.25) is 0 Å². The molecule has 1 rings (SSSR count). The molecule has 0 aliphatic rings. The lowest BCUT2D eigenvalue weighted by Crippen LogP contribution is -2.03. The number of hydrogen-bond donors (Lipinski definition) is 0. The van der Waals surface area contributed by atoms with E-state index in [-0.39, 0.29) is 0 Å². The van der Waals surface area contributed by atoms with E-state index in [4.69, 9.17) is 9.47 Å².